The molecule has 0 unspecified atom stereocenters. The number of ketones is 2. The molecule has 24 heavy (non-hydrogen) atoms. The SMILES string of the molecule is CO[C@]12[C@H](COC(N)=O)C3=C(C(=O)C(C)=C(N)C3=O)N1C[C@@H]1N[C@@H]12. The van der Waals surface area contributed by atoms with E-state index in [-0.39, 0.29) is 41.3 Å². The lowest BCUT2D eigenvalue weighted by molar-refractivity contribution is -0.137. The van der Waals surface area contributed by atoms with Crippen LogP contribution < -0.4 is 16.8 Å². The molecule has 4 rings (SSSR count). The molecule has 9 nitrogen and oxygen atoms in total. The number of Topliss-reactive ketones (excluding diaryl/α,β-unsaturated/α-hetero) is 2. The van der Waals surface area contributed by atoms with Crippen molar-refractivity contribution < 1.29 is 23.9 Å². The van der Waals surface area contributed by atoms with E-state index < -0.39 is 23.5 Å². The Hall–Kier alpha value is -2.39. The highest BCUT2D eigenvalue weighted by Crippen LogP contribution is 2.55. The van der Waals surface area contributed by atoms with Crippen molar-refractivity contribution in [1.82, 2.24) is 10.2 Å². The zero-order chi connectivity index (χ0) is 17.4. The van der Waals surface area contributed by atoms with Crippen molar-refractivity contribution >= 4 is 17.7 Å². The van der Waals surface area contributed by atoms with Gasteiger partial charge in [-0.05, 0) is 6.92 Å². The summed E-state index contributed by atoms with van der Waals surface area (Å²) < 4.78 is 10.8. The first-order valence-corrected chi connectivity index (χ1v) is 7.65. The van der Waals surface area contributed by atoms with E-state index in [1.54, 1.807) is 0 Å². The zero-order valence-electron chi connectivity index (χ0n) is 13.3. The Balaban J connectivity index is 1.85. The molecule has 0 aromatic heterocycles. The number of carbonyl (C=O) groups is 3. The van der Waals surface area contributed by atoms with E-state index in [2.05, 4.69) is 5.32 Å². The summed E-state index contributed by atoms with van der Waals surface area (Å²) in [6.45, 7) is 1.92. The first kappa shape index (κ1) is 15.2. The Kier molecular flexibility index (Phi) is 2.89. The van der Waals surface area contributed by atoms with Crippen LogP contribution in [0.3, 0.4) is 0 Å². The van der Waals surface area contributed by atoms with Crippen LogP contribution in [0.2, 0.25) is 0 Å². The average molecular weight is 334 g/mol. The summed E-state index contributed by atoms with van der Waals surface area (Å²) in [4.78, 5) is 38.4. The third-order valence-corrected chi connectivity index (χ3v) is 5.47. The Morgan fingerprint density at radius 1 is 1.42 bits per heavy atom. The molecule has 0 radical (unpaired) electrons. The molecule has 1 aliphatic carbocycles. The minimum atomic E-state index is -0.957. The molecule has 0 aromatic rings. The highest BCUT2D eigenvalue weighted by atomic mass is 16.6. The van der Waals surface area contributed by atoms with E-state index in [1.165, 1.54) is 14.0 Å². The predicted molar refractivity (Wildman–Crippen MR) is 80.1 cm³/mol. The summed E-state index contributed by atoms with van der Waals surface area (Å²) in [5, 5.41) is 3.28. The van der Waals surface area contributed by atoms with E-state index >= 15 is 0 Å². The number of methoxy groups -OCH3 is 1. The third-order valence-electron chi connectivity index (χ3n) is 5.47. The number of rotatable bonds is 3. The number of primary amides is 1. The van der Waals surface area contributed by atoms with Gasteiger partial charge in [-0.3, -0.25) is 9.59 Å². The van der Waals surface area contributed by atoms with Crippen LogP contribution in [0.15, 0.2) is 22.5 Å². The van der Waals surface area contributed by atoms with Gasteiger partial charge in [-0.1, -0.05) is 0 Å². The molecule has 2 saturated heterocycles. The van der Waals surface area contributed by atoms with Crippen molar-refractivity contribution in [2.45, 2.75) is 24.7 Å². The van der Waals surface area contributed by atoms with Crippen LogP contribution in [0.1, 0.15) is 6.92 Å². The molecule has 0 spiro atoms. The minimum absolute atomic E-state index is 0.0586. The number of hydrogen-bond acceptors (Lipinski definition) is 8. The van der Waals surface area contributed by atoms with Crippen molar-refractivity contribution in [3.63, 3.8) is 0 Å². The summed E-state index contributed by atoms with van der Waals surface area (Å²) in [6.07, 6.45) is -0.950. The van der Waals surface area contributed by atoms with Crippen LogP contribution >= 0.6 is 0 Å². The fourth-order valence-electron chi connectivity index (χ4n) is 4.31. The minimum Gasteiger partial charge on any atom is -0.449 e. The van der Waals surface area contributed by atoms with Gasteiger partial charge in [0.25, 0.3) is 0 Å². The maximum absolute atomic E-state index is 12.8. The second kappa shape index (κ2) is 4.58. The van der Waals surface area contributed by atoms with E-state index in [4.69, 9.17) is 20.9 Å². The number of hydrogen-bond donors (Lipinski definition) is 3. The number of ether oxygens (including phenoxy) is 2. The molecule has 3 aliphatic heterocycles. The Morgan fingerprint density at radius 2 is 2.12 bits per heavy atom. The van der Waals surface area contributed by atoms with Gasteiger partial charge < -0.3 is 31.2 Å². The highest BCUT2D eigenvalue weighted by molar-refractivity contribution is 6.25. The maximum Gasteiger partial charge on any atom is 0.404 e. The number of fused-ring (bicyclic) bond motifs is 4. The molecule has 4 atom stereocenters. The summed E-state index contributed by atoms with van der Waals surface area (Å²) in [5.74, 6) is -1.34. The van der Waals surface area contributed by atoms with Crippen LogP contribution in [0.25, 0.3) is 0 Å². The van der Waals surface area contributed by atoms with Gasteiger partial charge in [0.05, 0.1) is 23.4 Å². The van der Waals surface area contributed by atoms with Gasteiger partial charge in [0.2, 0.25) is 11.6 Å². The molecule has 4 aliphatic rings. The fourth-order valence-corrected chi connectivity index (χ4v) is 4.31. The number of piperazine rings is 1. The first-order chi connectivity index (χ1) is 11.3. The fraction of sp³-hybridized carbons (Fsp3) is 0.533. The van der Waals surface area contributed by atoms with Crippen molar-refractivity contribution in [2.75, 3.05) is 20.3 Å². The monoisotopic (exact) mass is 334 g/mol. The zero-order valence-corrected chi connectivity index (χ0v) is 13.3. The normalized spacial score (nSPS) is 36.8. The maximum atomic E-state index is 12.8. The molecule has 0 saturated carbocycles. The van der Waals surface area contributed by atoms with E-state index in [9.17, 15) is 14.4 Å². The third kappa shape index (κ3) is 1.58. The molecule has 2 fully saturated rings. The van der Waals surface area contributed by atoms with E-state index in [0.717, 1.165) is 0 Å². The van der Waals surface area contributed by atoms with Crippen LogP contribution in [0.5, 0.6) is 0 Å². The van der Waals surface area contributed by atoms with Crippen LogP contribution in [-0.2, 0) is 19.1 Å². The largest absolute Gasteiger partial charge is 0.449 e. The molecular weight excluding hydrogens is 316 g/mol. The van der Waals surface area contributed by atoms with Gasteiger partial charge in [0.1, 0.15) is 6.61 Å². The van der Waals surface area contributed by atoms with Crippen LogP contribution in [0, 0.1) is 5.92 Å². The summed E-state index contributed by atoms with van der Waals surface area (Å²) in [6, 6.07) is 0.109. The van der Waals surface area contributed by atoms with Gasteiger partial charge in [0, 0.05) is 30.8 Å². The van der Waals surface area contributed by atoms with Gasteiger partial charge in [0.15, 0.2) is 5.72 Å². The molecule has 1 amide bonds. The number of nitrogens with zero attached hydrogens (tertiary/aromatic N) is 1. The second-order valence-corrected chi connectivity index (χ2v) is 6.46. The Morgan fingerprint density at radius 3 is 2.75 bits per heavy atom. The van der Waals surface area contributed by atoms with E-state index in [1.807, 2.05) is 4.90 Å². The average Bonchev–Trinajstić information content (AvgIpc) is 3.16. The van der Waals surface area contributed by atoms with Gasteiger partial charge >= 0.3 is 6.09 Å². The topological polar surface area (TPSA) is 147 Å². The molecular formula is C15H18N4O5. The summed E-state index contributed by atoms with van der Waals surface area (Å²) >= 11 is 0. The number of nitrogens with two attached hydrogens (primary N) is 2. The first-order valence-electron chi connectivity index (χ1n) is 7.65. The van der Waals surface area contributed by atoms with E-state index in [0.29, 0.717) is 12.2 Å². The van der Waals surface area contributed by atoms with Gasteiger partial charge in [-0.25, -0.2) is 4.79 Å². The number of amides is 1. The summed E-state index contributed by atoms with van der Waals surface area (Å²) in [5.41, 5.74) is 10.7. The number of allylic oxidation sites excluding steroid dienone is 2. The summed E-state index contributed by atoms with van der Waals surface area (Å²) in [7, 11) is 1.52. The van der Waals surface area contributed by atoms with Crippen molar-refractivity contribution in [1.29, 1.82) is 0 Å². The molecule has 3 heterocycles. The molecule has 128 valence electrons. The van der Waals surface area contributed by atoms with Crippen molar-refractivity contribution in [3.8, 4) is 0 Å². The number of carbonyl (C=O) groups excluding carboxylic acids is 3. The standard InChI is InChI=1S/C15H18N4O5/c1-5-9(16)12(21)8-6(4-24-14(17)22)15(23-2)13-7(18-13)3-19(15)10(8)11(5)20/h6-7,13,18H,3-4,16H2,1-2H3,(H2,17,22)/t6-,7+,13+,15+/m1/s1. The van der Waals surface area contributed by atoms with Gasteiger partial charge in [-0.2, -0.15) is 0 Å². The molecule has 5 N–H and O–H groups in total. The smallest absolute Gasteiger partial charge is 0.404 e. The quantitative estimate of drug-likeness (QED) is 0.411. The van der Waals surface area contributed by atoms with Crippen LogP contribution in [-0.4, -0.2) is 60.6 Å². The molecule has 0 aromatic carbocycles. The molecule has 0 bridgehead atoms. The molecule has 9 heteroatoms. The lowest BCUT2D eigenvalue weighted by atomic mass is 9.82. The van der Waals surface area contributed by atoms with Crippen LogP contribution in [0.4, 0.5) is 4.79 Å². The van der Waals surface area contributed by atoms with Crippen molar-refractivity contribution in [2.24, 2.45) is 17.4 Å². The highest BCUT2D eigenvalue weighted by Gasteiger charge is 2.72. The Labute approximate surface area is 137 Å². The predicted octanol–water partition coefficient (Wildman–Crippen LogP) is -1.65. The van der Waals surface area contributed by atoms with Gasteiger partial charge in [-0.15, -0.1) is 0 Å². The van der Waals surface area contributed by atoms with Crippen molar-refractivity contribution in [3.05, 3.63) is 22.5 Å². The second-order valence-electron chi connectivity index (χ2n) is 6.46. The lowest BCUT2D eigenvalue weighted by Gasteiger charge is -2.39. The lowest BCUT2D eigenvalue weighted by Crippen LogP contribution is -2.55. The Bertz CT molecular complexity index is 757. The number of nitrogens with one attached hydrogen (secondary N) is 1.